The number of hydrazine groups is 2. The summed E-state index contributed by atoms with van der Waals surface area (Å²) in [5.41, 5.74) is 11.5. The smallest absolute Gasteiger partial charge is 0.243 e. The van der Waals surface area contributed by atoms with Crippen LogP contribution >= 0.6 is 0 Å². The highest BCUT2D eigenvalue weighted by molar-refractivity contribution is 5.90. The van der Waals surface area contributed by atoms with Gasteiger partial charge in [0, 0.05) is 12.7 Å². The number of hydrogen-bond donors (Lipinski definition) is 4. The number of likely N-dealkylation sites (tertiary alicyclic amines) is 1. The summed E-state index contributed by atoms with van der Waals surface area (Å²) in [5, 5.41) is 3.18. The van der Waals surface area contributed by atoms with E-state index in [1.807, 2.05) is 42.5 Å². The number of carbonyl (C=O) groups is 2. The number of nitrogens with one attached hydrogen (secondary N) is 4. The maximum absolute atomic E-state index is 14.9. The second-order valence-electron chi connectivity index (χ2n) is 10.2. The van der Waals surface area contributed by atoms with Crippen LogP contribution in [0.2, 0.25) is 0 Å². The van der Waals surface area contributed by atoms with Crippen LogP contribution in [0.3, 0.4) is 0 Å². The number of piperidine rings is 1. The van der Waals surface area contributed by atoms with E-state index in [-0.39, 0.29) is 30.0 Å². The van der Waals surface area contributed by atoms with Crippen molar-refractivity contribution in [3.63, 3.8) is 0 Å². The molecule has 2 aromatic rings. The van der Waals surface area contributed by atoms with E-state index >= 15 is 0 Å². The lowest BCUT2D eigenvalue weighted by Crippen LogP contribution is -2.50. The molecule has 2 saturated carbocycles. The van der Waals surface area contributed by atoms with Crippen molar-refractivity contribution in [2.75, 3.05) is 6.54 Å². The van der Waals surface area contributed by atoms with E-state index in [4.69, 9.17) is 0 Å². The predicted octanol–water partition coefficient (Wildman–Crippen LogP) is 2.85. The first-order valence-electron chi connectivity index (χ1n) is 12.4. The van der Waals surface area contributed by atoms with E-state index in [1.54, 1.807) is 17.2 Å². The van der Waals surface area contributed by atoms with Gasteiger partial charge in [0.15, 0.2) is 0 Å². The predicted molar refractivity (Wildman–Crippen MR) is 129 cm³/mol. The minimum atomic E-state index is -0.521. The number of carbonyl (C=O) groups excluding carboxylic acids is 2. The molecule has 4 aliphatic rings. The molecule has 5 atom stereocenters. The first-order valence-corrected chi connectivity index (χ1v) is 12.4. The van der Waals surface area contributed by atoms with Crippen molar-refractivity contribution in [2.45, 2.75) is 44.2 Å². The highest BCUT2D eigenvalue weighted by Crippen LogP contribution is 2.55. The average molecular weight is 476 g/mol. The van der Waals surface area contributed by atoms with Gasteiger partial charge in [-0.1, -0.05) is 49.4 Å². The molecular weight excluding hydrogens is 445 g/mol. The van der Waals surface area contributed by atoms with Crippen molar-refractivity contribution >= 4 is 11.8 Å². The van der Waals surface area contributed by atoms with Gasteiger partial charge in [0.2, 0.25) is 11.8 Å². The van der Waals surface area contributed by atoms with Gasteiger partial charge in [-0.05, 0) is 59.3 Å². The van der Waals surface area contributed by atoms with Crippen LogP contribution in [0.5, 0.6) is 0 Å². The molecule has 1 saturated heterocycles. The van der Waals surface area contributed by atoms with E-state index in [2.05, 4.69) is 28.6 Å². The Morgan fingerprint density at radius 3 is 2.63 bits per heavy atom. The van der Waals surface area contributed by atoms with Gasteiger partial charge < -0.3 is 21.1 Å². The van der Waals surface area contributed by atoms with Gasteiger partial charge in [-0.2, -0.15) is 5.53 Å². The van der Waals surface area contributed by atoms with E-state index in [0.717, 1.165) is 29.7 Å². The first kappa shape index (κ1) is 22.1. The molecule has 7 nitrogen and oxygen atoms in total. The van der Waals surface area contributed by atoms with Crippen molar-refractivity contribution in [3.8, 4) is 0 Å². The molecule has 4 N–H and O–H groups in total. The average Bonchev–Trinajstić information content (AvgIpc) is 3.67. The molecule has 2 aliphatic heterocycles. The van der Waals surface area contributed by atoms with Crippen molar-refractivity contribution in [3.05, 3.63) is 82.9 Å². The molecule has 0 aromatic heterocycles. The fraction of sp³-hybridized carbons (Fsp3) is 0.407. The number of fused-ring (bicyclic) bond motifs is 1. The van der Waals surface area contributed by atoms with E-state index < -0.39 is 12.1 Å². The molecule has 182 valence electrons. The lowest BCUT2D eigenvalue weighted by Gasteiger charge is -2.30. The summed E-state index contributed by atoms with van der Waals surface area (Å²) in [4.78, 5) is 28.6. The van der Waals surface area contributed by atoms with Crippen molar-refractivity contribution in [2.24, 2.45) is 17.8 Å². The Labute approximate surface area is 204 Å². The van der Waals surface area contributed by atoms with E-state index in [9.17, 15) is 14.0 Å². The lowest BCUT2D eigenvalue weighted by atomic mass is 9.95. The molecule has 0 spiro atoms. The Bertz CT molecular complexity index is 1180. The van der Waals surface area contributed by atoms with E-state index in [0.29, 0.717) is 29.9 Å². The molecule has 35 heavy (non-hydrogen) atoms. The number of nitrogens with zero attached hydrogens (tertiary/aromatic N) is 1. The zero-order chi connectivity index (χ0) is 24.1. The highest BCUT2D eigenvalue weighted by Gasteiger charge is 2.62. The van der Waals surface area contributed by atoms with Crippen LogP contribution in [0.4, 0.5) is 4.39 Å². The second kappa shape index (κ2) is 8.68. The maximum Gasteiger partial charge on any atom is 0.243 e. The lowest BCUT2D eigenvalue weighted by molar-refractivity contribution is -0.139. The molecule has 3 fully saturated rings. The highest BCUT2D eigenvalue weighted by atomic mass is 19.1. The topological polar surface area (TPSA) is 85.5 Å². The molecule has 0 radical (unpaired) electrons. The van der Waals surface area contributed by atoms with Gasteiger partial charge in [-0.25, -0.2) is 4.39 Å². The molecule has 8 heteroatoms. The van der Waals surface area contributed by atoms with Crippen LogP contribution in [-0.2, 0) is 9.59 Å². The Kier molecular flexibility index (Phi) is 5.48. The fourth-order valence-electron chi connectivity index (χ4n) is 5.83. The Balaban J connectivity index is 1.26. The fourth-order valence-corrected chi connectivity index (χ4v) is 5.83. The standard InChI is InChI=1S/C27H30FN5O2/c1-15-21-14-33(23(34)12-19-13-29-32-31-19)26(24(15)21)27(35)30-25(17-5-3-2-4-6-17)18-9-10-20(16-7-8-16)22(28)11-18/h2-6,9-11,13,15-16,21,24-26,29,31-32H,7-8,12,14H2,1H3,(H,30,35)/t15-,21+,24?,25-,26-/m0/s1. The zero-order valence-electron chi connectivity index (χ0n) is 19.6. The molecule has 2 heterocycles. The summed E-state index contributed by atoms with van der Waals surface area (Å²) < 4.78 is 14.9. The third kappa shape index (κ3) is 4.16. The molecular formula is C27H30FN5O2. The molecule has 6 rings (SSSR count). The first-order chi connectivity index (χ1) is 17.0. The Hall–Kier alpha value is -3.39. The Morgan fingerprint density at radius 1 is 1.14 bits per heavy atom. The SMILES string of the molecule is C[C@@H]1C2[C@@H](C(=O)N[C@@H](c3ccccc3)c3ccc(C4CC4)c(F)c3)N(C(=O)CC3=CNNN3)C[C@@H]21. The van der Waals surface area contributed by atoms with Gasteiger partial charge in [0.05, 0.1) is 18.2 Å². The summed E-state index contributed by atoms with van der Waals surface area (Å²) in [6.07, 6.45) is 3.95. The molecule has 2 amide bonds. The molecule has 2 aromatic carbocycles. The summed E-state index contributed by atoms with van der Waals surface area (Å²) >= 11 is 0. The number of benzene rings is 2. The van der Waals surface area contributed by atoms with Crippen LogP contribution in [0, 0.1) is 23.6 Å². The monoisotopic (exact) mass is 475 g/mol. The molecule has 1 unspecified atom stereocenters. The van der Waals surface area contributed by atoms with Crippen LogP contribution in [-0.4, -0.2) is 29.3 Å². The van der Waals surface area contributed by atoms with Crippen LogP contribution in [0.1, 0.15) is 54.8 Å². The van der Waals surface area contributed by atoms with Crippen molar-refractivity contribution < 1.29 is 14.0 Å². The maximum atomic E-state index is 14.9. The van der Waals surface area contributed by atoms with Gasteiger partial charge in [0.1, 0.15) is 11.9 Å². The third-order valence-electron chi connectivity index (χ3n) is 8.01. The van der Waals surface area contributed by atoms with Crippen molar-refractivity contribution in [1.29, 1.82) is 0 Å². The summed E-state index contributed by atoms with van der Waals surface area (Å²) in [7, 11) is 0. The normalized spacial score (nSPS) is 27.4. The molecule has 2 aliphatic carbocycles. The van der Waals surface area contributed by atoms with Gasteiger partial charge in [-0.3, -0.25) is 9.59 Å². The number of hydrogen-bond acceptors (Lipinski definition) is 5. The third-order valence-corrected chi connectivity index (χ3v) is 8.01. The van der Waals surface area contributed by atoms with Crippen LogP contribution in [0.25, 0.3) is 0 Å². The Morgan fingerprint density at radius 2 is 1.94 bits per heavy atom. The largest absolute Gasteiger partial charge is 0.343 e. The van der Waals surface area contributed by atoms with Gasteiger partial charge in [-0.15, -0.1) is 0 Å². The van der Waals surface area contributed by atoms with Crippen LogP contribution in [0.15, 0.2) is 60.4 Å². The van der Waals surface area contributed by atoms with Crippen molar-refractivity contribution in [1.82, 2.24) is 26.6 Å². The summed E-state index contributed by atoms with van der Waals surface area (Å²) in [6, 6.07) is 14.0. The van der Waals surface area contributed by atoms with Crippen LogP contribution < -0.4 is 21.7 Å². The van der Waals surface area contributed by atoms with E-state index in [1.165, 1.54) is 0 Å². The number of halogens is 1. The second-order valence-corrected chi connectivity index (χ2v) is 10.2. The quantitative estimate of drug-likeness (QED) is 0.495. The van der Waals surface area contributed by atoms with Gasteiger partial charge in [0.25, 0.3) is 0 Å². The summed E-state index contributed by atoms with van der Waals surface area (Å²) in [6.45, 7) is 2.74. The minimum absolute atomic E-state index is 0.0788. The number of rotatable bonds is 7. The summed E-state index contributed by atoms with van der Waals surface area (Å²) in [5.74, 6) is 0.758. The van der Waals surface area contributed by atoms with Gasteiger partial charge >= 0.3 is 0 Å². The zero-order valence-corrected chi connectivity index (χ0v) is 19.6. The number of amides is 2. The molecule has 0 bridgehead atoms. The minimum Gasteiger partial charge on any atom is -0.343 e.